The molecule has 1 aliphatic heterocycles. The SMILES string of the molecule is COc1cc(Br)ccc1C(=O)N1CCCN(CCCl)CC1. The van der Waals surface area contributed by atoms with E-state index in [1.807, 2.05) is 23.1 Å². The Bertz CT molecular complexity index is 499. The fourth-order valence-corrected chi connectivity index (χ4v) is 3.11. The lowest BCUT2D eigenvalue weighted by Crippen LogP contribution is -2.35. The Balaban J connectivity index is 2.09. The fraction of sp³-hybridized carbons (Fsp3) is 0.533. The number of amides is 1. The van der Waals surface area contributed by atoms with Gasteiger partial charge in [0.15, 0.2) is 0 Å². The molecule has 0 aromatic heterocycles. The molecule has 0 atom stereocenters. The van der Waals surface area contributed by atoms with E-state index in [9.17, 15) is 4.79 Å². The highest BCUT2D eigenvalue weighted by Gasteiger charge is 2.22. The maximum Gasteiger partial charge on any atom is 0.257 e. The number of alkyl halides is 1. The van der Waals surface area contributed by atoms with Gasteiger partial charge < -0.3 is 14.5 Å². The maximum atomic E-state index is 12.7. The number of methoxy groups -OCH3 is 1. The molecular weight excluding hydrogens is 356 g/mol. The lowest BCUT2D eigenvalue weighted by molar-refractivity contribution is 0.0758. The molecule has 0 bridgehead atoms. The fourth-order valence-electron chi connectivity index (χ4n) is 2.53. The van der Waals surface area contributed by atoms with Crippen molar-refractivity contribution >= 4 is 33.4 Å². The molecule has 1 aromatic carbocycles. The molecule has 1 fully saturated rings. The van der Waals surface area contributed by atoms with E-state index in [0.29, 0.717) is 17.2 Å². The van der Waals surface area contributed by atoms with Crippen molar-refractivity contribution in [3.8, 4) is 5.75 Å². The number of halogens is 2. The average molecular weight is 376 g/mol. The van der Waals surface area contributed by atoms with Crippen molar-refractivity contribution in [1.82, 2.24) is 9.80 Å². The number of hydrogen-bond acceptors (Lipinski definition) is 3. The summed E-state index contributed by atoms with van der Waals surface area (Å²) < 4.78 is 6.23. The van der Waals surface area contributed by atoms with E-state index < -0.39 is 0 Å². The van der Waals surface area contributed by atoms with Crippen LogP contribution in [0, 0.1) is 0 Å². The van der Waals surface area contributed by atoms with E-state index in [4.69, 9.17) is 16.3 Å². The van der Waals surface area contributed by atoms with Crippen LogP contribution in [0.1, 0.15) is 16.8 Å². The summed E-state index contributed by atoms with van der Waals surface area (Å²) >= 11 is 9.19. The monoisotopic (exact) mass is 374 g/mol. The van der Waals surface area contributed by atoms with Gasteiger partial charge in [-0.3, -0.25) is 4.79 Å². The van der Waals surface area contributed by atoms with Crippen molar-refractivity contribution in [1.29, 1.82) is 0 Å². The van der Waals surface area contributed by atoms with Gasteiger partial charge in [-0.05, 0) is 31.2 Å². The highest BCUT2D eigenvalue weighted by molar-refractivity contribution is 9.10. The molecule has 1 heterocycles. The molecule has 21 heavy (non-hydrogen) atoms. The molecule has 1 aromatic rings. The van der Waals surface area contributed by atoms with Gasteiger partial charge in [-0.25, -0.2) is 0 Å². The van der Waals surface area contributed by atoms with Crippen molar-refractivity contribution in [3.63, 3.8) is 0 Å². The van der Waals surface area contributed by atoms with Crippen molar-refractivity contribution in [2.45, 2.75) is 6.42 Å². The van der Waals surface area contributed by atoms with E-state index in [0.717, 1.165) is 43.6 Å². The molecule has 1 saturated heterocycles. The lowest BCUT2D eigenvalue weighted by atomic mass is 10.1. The van der Waals surface area contributed by atoms with Gasteiger partial charge in [0.25, 0.3) is 5.91 Å². The van der Waals surface area contributed by atoms with E-state index >= 15 is 0 Å². The summed E-state index contributed by atoms with van der Waals surface area (Å²) in [4.78, 5) is 16.9. The van der Waals surface area contributed by atoms with E-state index in [1.54, 1.807) is 7.11 Å². The molecule has 2 rings (SSSR count). The van der Waals surface area contributed by atoms with Gasteiger partial charge in [0.05, 0.1) is 12.7 Å². The van der Waals surface area contributed by atoms with Crippen molar-refractivity contribution in [2.75, 3.05) is 45.7 Å². The lowest BCUT2D eigenvalue weighted by Gasteiger charge is -2.22. The van der Waals surface area contributed by atoms with E-state index in [2.05, 4.69) is 20.8 Å². The van der Waals surface area contributed by atoms with Gasteiger partial charge in [0.2, 0.25) is 0 Å². The van der Waals surface area contributed by atoms with Crippen LogP contribution in [0.5, 0.6) is 5.75 Å². The second-order valence-corrected chi connectivity index (χ2v) is 6.31. The van der Waals surface area contributed by atoms with Crippen molar-refractivity contribution < 1.29 is 9.53 Å². The first-order valence-corrected chi connectivity index (χ1v) is 8.39. The molecule has 4 nitrogen and oxygen atoms in total. The smallest absolute Gasteiger partial charge is 0.257 e. The molecule has 0 saturated carbocycles. The Labute approximate surface area is 139 Å². The molecular formula is C15H20BrClN2O2. The third-order valence-corrected chi connectivity index (χ3v) is 4.33. The third kappa shape index (κ3) is 4.34. The summed E-state index contributed by atoms with van der Waals surface area (Å²) in [5.41, 5.74) is 0.617. The minimum atomic E-state index is 0.0343. The van der Waals surface area contributed by atoms with Crippen molar-refractivity contribution in [3.05, 3.63) is 28.2 Å². The molecule has 0 aliphatic carbocycles. The zero-order valence-electron chi connectivity index (χ0n) is 12.1. The van der Waals surface area contributed by atoms with Crippen LogP contribution in [0.15, 0.2) is 22.7 Å². The number of carbonyl (C=O) groups is 1. The molecule has 0 unspecified atom stereocenters. The molecule has 0 radical (unpaired) electrons. The molecule has 1 aliphatic rings. The summed E-state index contributed by atoms with van der Waals surface area (Å²) in [6.45, 7) is 4.25. The van der Waals surface area contributed by atoms with Gasteiger partial charge in [-0.2, -0.15) is 0 Å². The van der Waals surface area contributed by atoms with Crippen molar-refractivity contribution in [2.24, 2.45) is 0 Å². The standard InChI is InChI=1S/C15H20BrClN2O2/c1-21-14-11-12(16)3-4-13(14)15(20)19-7-2-6-18(8-5-17)9-10-19/h3-4,11H,2,5-10H2,1H3. The Hall–Kier alpha value is -0.780. The van der Waals surface area contributed by atoms with Gasteiger partial charge in [0, 0.05) is 36.5 Å². The zero-order valence-corrected chi connectivity index (χ0v) is 14.5. The van der Waals surface area contributed by atoms with Crippen LogP contribution >= 0.6 is 27.5 Å². The predicted molar refractivity (Wildman–Crippen MR) is 88.4 cm³/mol. The van der Waals surface area contributed by atoms with Crippen LogP contribution in [0.3, 0.4) is 0 Å². The third-order valence-electron chi connectivity index (χ3n) is 3.67. The Morgan fingerprint density at radius 1 is 1.33 bits per heavy atom. The summed E-state index contributed by atoms with van der Waals surface area (Å²) in [5, 5.41) is 0. The second kappa shape index (κ2) is 8.01. The Kier molecular flexibility index (Phi) is 6.33. The quantitative estimate of drug-likeness (QED) is 0.759. The van der Waals surface area contributed by atoms with E-state index in [1.165, 1.54) is 0 Å². The Morgan fingerprint density at radius 3 is 2.86 bits per heavy atom. The minimum Gasteiger partial charge on any atom is -0.496 e. The Morgan fingerprint density at radius 2 is 2.14 bits per heavy atom. The number of hydrogen-bond donors (Lipinski definition) is 0. The number of ether oxygens (including phenoxy) is 1. The average Bonchev–Trinajstić information content (AvgIpc) is 2.72. The van der Waals surface area contributed by atoms with Gasteiger partial charge in [-0.15, -0.1) is 11.6 Å². The number of carbonyl (C=O) groups excluding carboxylic acids is 1. The summed E-state index contributed by atoms with van der Waals surface area (Å²) in [6, 6.07) is 5.50. The zero-order chi connectivity index (χ0) is 15.2. The molecule has 116 valence electrons. The van der Waals surface area contributed by atoms with Crippen LogP contribution in [0.25, 0.3) is 0 Å². The van der Waals surface area contributed by atoms with Gasteiger partial charge in [0.1, 0.15) is 5.75 Å². The highest BCUT2D eigenvalue weighted by atomic mass is 79.9. The van der Waals surface area contributed by atoms with E-state index in [-0.39, 0.29) is 5.91 Å². The summed E-state index contributed by atoms with van der Waals surface area (Å²) in [6.07, 6.45) is 0.974. The number of rotatable bonds is 4. The van der Waals surface area contributed by atoms with Crippen LogP contribution in [0.2, 0.25) is 0 Å². The van der Waals surface area contributed by atoms with Gasteiger partial charge in [-0.1, -0.05) is 15.9 Å². The number of benzene rings is 1. The summed E-state index contributed by atoms with van der Waals surface area (Å²) in [7, 11) is 1.59. The van der Waals surface area contributed by atoms with Gasteiger partial charge >= 0.3 is 0 Å². The first kappa shape index (κ1) is 16.6. The first-order valence-electron chi connectivity index (χ1n) is 7.07. The minimum absolute atomic E-state index is 0.0343. The highest BCUT2D eigenvalue weighted by Crippen LogP contribution is 2.25. The topological polar surface area (TPSA) is 32.8 Å². The van der Waals surface area contributed by atoms with Crippen LogP contribution in [-0.4, -0.2) is 61.4 Å². The normalized spacial score (nSPS) is 16.6. The van der Waals surface area contributed by atoms with Crippen LogP contribution in [-0.2, 0) is 0 Å². The summed E-state index contributed by atoms with van der Waals surface area (Å²) in [5.74, 6) is 1.28. The molecule has 0 spiro atoms. The second-order valence-electron chi connectivity index (χ2n) is 5.02. The van der Waals surface area contributed by atoms with Crippen LogP contribution < -0.4 is 4.74 Å². The first-order chi connectivity index (χ1) is 10.2. The number of nitrogens with zero attached hydrogens (tertiary/aromatic N) is 2. The maximum absolute atomic E-state index is 12.7. The van der Waals surface area contributed by atoms with Crippen LogP contribution in [0.4, 0.5) is 0 Å². The largest absolute Gasteiger partial charge is 0.496 e. The molecule has 6 heteroatoms. The molecule has 1 amide bonds. The molecule has 0 N–H and O–H groups in total. The predicted octanol–water partition coefficient (Wildman–Crippen LogP) is 2.84.